The zero-order chi connectivity index (χ0) is 8.65. The molecule has 0 aromatic carbocycles. The smallest absolute Gasteiger partial charge is 0.132 e. The highest BCUT2D eigenvalue weighted by Gasteiger charge is 2.03. The third kappa shape index (κ3) is 4.50. The maximum atomic E-state index is 11.2. The van der Waals surface area contributed by atoms with Crippen molar-refractivity contribution in [3.8, 4) is 0 Å². The van der Waals surface area contributed by atoms with E-state index < -0.39 is 0 Å². The summed E-state index contributed by atoms with van der Waals surface area (Å²) in [5, 5.41) is 0. The van der Waals surface area contributed by atoms with Gasteiger partial charge in [0.1, 0.15) is 5.78 Å². The SMILES string of the molecule is O=C1CCCCCCOCCC1. The van der Waals surface area contributed by atoms with Crippen molar-refractivity contribution >= 4 is 5.78 Å². The van der Waals surface area contributed by atoms with E-state index in [9.17, 15) is 4.79 Å². The molecule has 0 N–H and O–H groups in total. The zero-order valence-corrected chi connectivity index (χ0v) is 7.68. The Morgan fingerprint density at radius 3 is 2.42 bits per heavy atom. The van der Waals surface area contributed by atoms with Gasteiger partial charge >= 0.3 is 0 Å². The minimum absolute atomic E-state index is 0.417. The van der Waals surface area contributed by atoms with Crippen LogP contribution in [0.25, 0.3) is 0 Å². The first-order chi connectivity index (χ1) is 5.89. The predicted molar refractivity (Wildman–Crippen MR) is 48.1 cm³/mol. The number of rotatable bonds is 0. The van der Waals surface area contributed by atoms with Gasteiger partial charge < -0.3 is 4.74 Å². The lowest BCUT2D eigenvalue weighted by atomic mass is 10.1. The van der Waals surface area contributed by atoms with Crippen LogP contribution in [0.3, 0.4) is 0 Å². The molecule has 1 aliphatic rings. The van der Waals surface area contributed by atoms with Crippen molar-refractivity contribution in [2.24, 2.45) is 0 Å². The highest BCUT2D eigenvalue weighted by molar-refractivity contribution is 5.78. The first kappa shape index (κ1) is 9.72. The molecule has 1 aliphatic heterocycles. The van der Waals surface area contributed by atoms with E-state index in [0.29, 0.717) is 5.78 Å². The van der Waals surface area contributed by atoms with Crippen molar-refractivity contribution in [2.75, 3.05) is 13.2 Å². The van der Waals surface area contributed by atoms with Gasteiger partial charge in [-0.05, 0) is 19.3 Å². The summed E-state index contributed by atoms with van der Waals surface area (Å²) in [6, 6.07) is 0. The summed E-state index contributed by atoms with van der Waals surface area (Å²) in [6.45, 7) is 1.65. The van der Waals surface area contributed by atoms with Gasteiger partial charge in [-0.25, -0.2) is 0 Å². The summed E-state index contributed by atoms with van der Waals surface area (Å²) in [6.07, 6.45) is 7.08. The Hall–Kier alpha value is -0.370. The highest BCUT2D eigenvalue weighted by atomic mass is 16.5. The quantitative estimate of drug-likeness (QED) is 0.557. The minimum atomic E-state index is 0.417. The lowest BCUT2D eigenvalue weighted by Gasteiger charge is -2.00. The summed E-state index contributed by atoms with van der Waals surface area (Å²) in [5.74, 6) is 0.417. The molecule has 0 bridgehead atoms. The molecule has 0 amide bonds. The van der Waals surface area contributed by atoms with Crippen molar-refractivity contribution in [3.63, 3.8) is 0 Å². The van der Waals surface area contributed by atoms with Gasteiger partial charge in [0.25, 0.3) is 0 Å². The van der Waals surface area contributed by atoms with E-state index in [-0.39, 0.29) is 0 Å². The van der Waals surface area contributed by atoms with Gasteiger partial charge in [0.2, 0.25) is 0 Å². The number of hydrogen-bond acceptors (Lipinski definition) is 2. The number of Topliss-reactive ketones (excluding diaryl/α,β-unsaturated/α-hetero) is 1. The van der Waals surface area contributed by atoms with Crippen LogP contribution in [0.1, 0.15) is 44.9 Å². The molecule has 0 saturated carbocycles. The molecule has 70 valence electrons. The molecule has 12 heavy (non-hydrogen) atoms. The van der Waals surface area contributed by atoms with Crippen molar-refractivity contribution in [1.82, 2.24) is 0 Å². The molecule has 2 nitrogen and oxygen atoms in total. The lowest BCUT2D eigenvalue weighted by Crippen LogP contribution is -2.00. The number of ether oxygens (including phenoxy) is 1. The minimum Gasteiger partial charge on any atom is -0.381 e. The monoisotopic (exact) mass is 170 g/mol. The fourth-order valence-electron chi connectivity index (χ4n) is 1.48. The third-order valence-electron chi connectivity index (χ3n) is 2.24. The van der Waals surface area contributed by atoms with Crippen molar-refractivity contribution < 1.29 is 9.53 Å². The molecule has 1 rings (SSSR count). The van der Waals surface area contributed by atoms with E-state index in [0.717, 1.165) is 45.3 Å². The van der Waals surface area contributed by atoms with Crippen LogP contribution in [0.4, 0.5) is 0 Å². The Morgan fingerprint density at radius 1 is 0.833 bits per heavy atom. The van der Waals surface area contributed by atoms with Crippen LogP contribution in [-0.2, 0) is 9.53 Å². The van der Waals surface area contributed by atoms with E-state index >= 15 is 0 Å². The van der Waals surface area contributed by atoms with Crippen molar-refractivity contribution in [1.29, 1.82) is 0 Å². The maximum Gasteiger partial charge on any atom is 0.132 e. The van der Waals surface area contributed by atoms with Crippen LogP contribution in [0.15, 0.2) is 0 Å². The van der Waals surface area contributed by atoms with Gasteiger partial charge in [-0.1, -0.05) is 12.8 Å². The van der Waals surface area contributed by atoms with Gasteiger partial charge in [-0.2, -0.15) is 0 Å². The highest BCUT2D eigenvalue weighted by Crippen LogP contribution is 2.08. The van der Waals surface area contributed by atoms with Crippen LogP contribution in [0.2, 0.25) is 0 Å². The molecule has 1 heterocycles. The predicted octanol–water partition coefficient (Wildman–Crippen LogP) is 2.32. The van der Waals surface area contributed by atoms with Crippen molar-refractivity contribution in [3.05, 3.63) is 0 Å². The molecule has 0 spiro atoms. The Labute approximate surface area is 74.3 Å². The fraction of sp³-hybridized carbons (Fsp3) is 0.900. The number of hydrogen-bond donors (Lipinski definition) is 0. The van der Waals surface area contributed by atoms with Gasteiger partial charge in [0.05, 0.1) is 0 Å². The first-order valence-corrected chi connectivity index (χ1v) is 4.99. The second-order valence-electron chi connectivity index (χ2n) is 3.42. The van der Waals surface area contributed by atoms with Gasteiger partial charge in [0.15, 0.2) is 0 Å². The Kier molecular flexibility index (Phi) is 5.00. The molecule has 0 aliphatic carbocycles. The molecule has 1 saturated heterocycles. The van der Waals surface area contributed by atoms with Gasteiger partial charge in [-0.15, -0.1) is 0 Å². The number of carbonyl (C=O) groups is 1. The fourth-order valence-corrected chi connectivity index (χ4v) is 1.48. The number of ketones is 1. The second-order valence-corrected chi connectivity index (χ2v) is 3.42. The Morgan fingerprint density at radius 2 is 1.50 bits per heavy atom. The summed E-state index contributed by atoms with van der Waals surface area (Å²) < 4.78 is 5.36. The Balaban J connectivity index is 2.17. The van der Waals surface area contributed by atoms with E-state index in [4.69, 9.17) is 4.74 Å². The van der Waals surface area contributed by atoms with Crippen LogP contribution >= 0.6 is 0 Å². The summed E-state index contributed by atoms with van der Waals surface area (Å²) in [7, 11) is 0. The largest absolute Gasteiger partial charge is 0.381 e. The number of carbonyl (C=O) groups excluding carboxylic acids is 1. The van der Waals surface area contributed by atoms with Gasteiger partial charge in [0, 0.05) is 26.1 Å². The van der Waals surface area contributed by atoms with E-state index in [2.05, 4.69) is 0 Å². The van der Waals surface area contributed by atoms with E-state index in [1.807, 2.05) is 0 Å². The first-order valence-electron chi connectivity index (χ1n) is 4.99. The van der Waals surface area contributed by atoms with E-state index in [1.165, 1.54) is 12.8 Å². The third-order valence-corrected chi connectivity index (χ3v) is 2.24. The molecule has 0 atom stereocenters. The van der Waals surface area contributed by atoms with Crippen LogP contribution < -0.4 is 0 Å². The topological polar surface area (TPSA) is 26.3 Å². The summed E-state index contributed by atoms with van der Waals surface area (Å²) >= 11 is 0. The molecular weight excluding hydrogens is 152 g/mol. The molecular formula is C10H18O2. The second kappa shape index (κ2) is 6.18. The van der Waals surface area contributed by atoms with E-state index in [1.54, 1.807) is 0 Å². The standard InChI is InChI=1S/C10H18O2/c11-10-6-3-1-2-4-8-12-9-5-7-10/h1-9H2. The average molecular weight is 170 g/mol. The molecule has 0 unspecified atom stereocenters. The lowest BCUT2D eigenvalue weighted by molar-refractivity contribution is -0.119. The molecule has 2 heteroatoms. The van der Waals surface area contributed by atoms with Crippen LogP contribution in [0, 0.1) is 0 Å². The Bertz CT molecular complexity index is 118. The molecule has 0 aromatic rings. The molecule has 0 radical (unpaired) electrons. The average Bonchev–Trinajstić information content (AvgIpc) is 2.11. The van der Waals surface area contributed by atoms with Crippen LogP contribution in [-0.4, -0.2) is 19.0 Å². The molecule has 1 fully saturated rings. The summed E-state index contributed by atoms with van der Waals surface area (Å²) in [5.41, 5.74) is 0. The zero-order valence-electron chi connectivity index (χ0n) is 7.68. The van der Waals surface area contributed by atoms with Crippen molar-refractivity contribution in [2.45, 2.75) is 44.9 Å². The van der Waals surface area contributed by atoms with Gasteiger partial charge in [-0.3, -0.25) is 4.79 Å². The van der Waals surface area contributed by atoms with Crippen LogP contribution in [0.5, 0.6) is 0 Å². The maximum absolute atomic E-state index is 11.2. The summed E-state index contributed by atoms with van der Waals surface area (Å²) in [4.78, 5) is 11.2. The molecule has 0 aromatic heterocycles. The normalized spacial score (nSPS) is 23.2.